The predicted octanol–water partition coefficient (Wildman–Crippen LogP) is 3.72. The van der Waals surface area contributed by atoms with E-state index in [4.69, 9.17) is 9.47 Å². The molecule has 0 aromatic carbocycles. The Morgan fingerprint density at radius 3 is 0.921 bits per heavy atom. The number of hydrogen-bond donors (Lipinski definition) is 0. The number of aromatic nitrogens is 4. The molecule has 4 heterocycles. The van der Waals surface area contributed by atoms with E-state index in [-0.39, 0.29) is 0 Å². The van der Waals surface area contributed by atoms with Gasteiger partial charge in [0.1, 0.15) is 26.3 Å². The summed E-state index contributed by atoms with van der Waals surface area (Å²) < 4.78 is 20.3. The number of ether oxygens (including phenoxy) is 2. The summed E-state index contributed by atoms with van der Waals surface area (Å²) in [5.74, 6) is 0. The van der Waals surface area contributed by atoms with Crippen LogP contribution < -0.4 is 18.3 Å². The van der Waals surface area contributed by atoms with Crippen LogP contribution in [-0.4, -0.2) is 26.4 Å². The molecule has 6 heteroatoms. The zero-order chi connectivity index (χ0) is 26.4. The molecule has 0 unspecified atom stereocenters. The molecule has 0 saturated heterocycles. The van der Waals surface area contributed by atoms with Gasteiger partial charge in [0, 0.05) is 61.4 Å². The lowest BCUT2D eigenvalue weighted by Crippen LogP contribution is -2.36. The van der Waals surface area contributed by atoms with E-state index < -0.39 is 0 Å². The fourth-order valence-corrected chi connectivity index (χ4v) is 4.37. The number of rotatable bonds is 15. The predicted molar refractivity (Wildman–Crippen MR) is 147 cm³/mol. The van der Waals surface area contributed by atoms with Crippen LogP contribution in [0.15, 0.2) is 98.1 Å². The van der Waals surface area contributed by atoms with E-state index in [2.05, 4.69) is 130 Å². The smallest absolute Gasteiger partial charge is 0.171 e. The van der Waals surface area contributed by atoms with Crippen molar-refractivity contribution >= 4 is 0 Å². The maximum Gasteiger partial charge on any atom is 0.171 e. The van der Waals surface area contributed by atoms with Gasteiger partial charge in [-0.25, -0.2) is 18.3 Å². The molecule has 0 saturated carbocycles. The quantitative estimate of drug-likeness (QED) is 0.179. The van der Waals surface area contributed by atoms with E-state index in [1.54, 1.807) is 0 Å². The van der Waals surface area contributed by atoms with Gasteiger partial charge in [-0.15, -0.1) is 0 Å². The van der Waals surface area contributed by atoms with Crippen LogP contribution in [0.1, 0.15) is 26.7 Å². The fourth-order valence-electron chi connectivity index (χ4n) is 4.37. The Kier molecular flexibility index (Phi) is 10.9. The van der Waals surface area contributed by atoms with Crippen molar-refractivity contribution in [2.75, 3.05) is 26.4 Å². The average molecular weight is 515 g/mol. The Morgan fingerprint density at radius 2 is 0.658 bits per heavy atom. The molecular formula is C32H42N4O2+4. The first kappa shape index (κ1) is 27.6. The number of nitrogens with zero attached hydrogens (tertiary/aromatic N) is 4. The molecule has 6 nitrogen and oxygen atoms in total. The molecule has 38 heavy (non-hydrogen) atoms. The largest absolute Gasteiger partial charge is 0.372 e. The van der Waals surface area contributed by atoms with Crippen LogP contribution in [0.25, 0.3) is 22.3 Å². The van der Waals surface area contributed by atoms with Gasteiger partial charge < -0.3 is 9.47 Å². The number of aryl methyl sites for hydroxylation is 2. The maximum atomic E-state index is 5.77. The lowest BCUT2D eigenvalue weighted by molar-refractivity contribution is -0.699. The molecule has 4 aromatic heterocycles. The molecule has 0 aliphatic heterocycles. The average Bonchev–Trinajstić information content (AvgIpc) is 2.96. The van der Waals surface area contributed by atoms with Crippen LogP contribution in [-0.2, 0) is 35.7 Å². The second-order valence-corrected chi connectivity index (χ2v) is 9.52. The van der Waals surface area contributed by atoms with Gasteiger partial charge in [0.15, 0.2) is 62.7 Å². The van der Waals surface area contributed by atoms with Gasteiger partial charge in [-0.05, 0) is 22.3 Å². The number of pyridine rings is 4. The summed E-state index contributed by atoms with van der Waals surface area (Å²) in [5, 5.41) is 0. The van der Waals surface area contributed by atoms with Gasteiger partial charge in [0.2, 0.25) is 0 Å². The van der Waals surface area contributed by atoms with Gasteiger partial charge in [-0.1, -0.05) is 13.8 Å². The second kappa shape index (κ2) is 15.1. The highest BCUT2D eigenvalue weighted by Crippen LogP contribution is 2.16. The lowest BCUT2D eigenvalue weighted by atomic mass is 10.1. The maximum absolute atomic E-state index is 5.77. The standard InChI is InChI=1S/C32H42N4O2/c1-3-13-33-15-5-29(6-16-33)31-9-19-35(20-10-31)23-25-37-27-28-38-26-24-36-21-11-32(12-22-36)30-7-17-34(14-4-2)18-8-30/h5-12,15-22H,3-4,13-14,23-28H2,1-2H3/q+4. The molecular weight excluding hydrogens is 472 g/mol. The van der Waals surface area contributed by atoms with Gasteiger partial charge in [0.25, 0.3) is 0 Å². The van der Waals surface area contributed by atoms with Crippen LogP contribution in [0.3, 0.4) is 0 Å². The molecule has 0 aliphatic rings. The Labute approximate surface area is 227 Å². The zero-order valence-corrected chi connectivity index (χ0v) is 22.9. The monoisotopic (exact) mass is 514 g/mol. The normalized spacial score (nSPS) is 11.1. The van der Waals surface area contributed by atoms with Gasteiger partial charge >= 0.3 is 0 Å². The molecule has 4 rings (SSSR count). The zero-order valence-electron chi connectivity index (χ0n) is 22.9. The molecule has 0 bridgehead atoms. The third kappa shape index (κ3) is 8.54. The molecule has 0 radical (unpaired) electrons. The molecule has 4 aromatic rings. The second-order valence-electron chi connectivity index (χ2n) is 9.52. The van der Waals surface area contributed by atoms with Crippen LogP contribution >= 0.6 is 0 Å². The van der Waals surface area contributed by atoms with Crippen LogP contribution in [0.2, 0.25) is 0 Å². The van der Waals surface area contributed by atoms with Crippen molar-refractivity contribution in [1.29, 1.82) is 0 Å². The molecule has 0 N–H and O–H groups in total. The lowest BCUT2D eigenvalue weighted by Gasteiger charge is -2.05. The van der Waals surface area contributed by atoms with Crippen LogP contribution in [0, 0.1) is 0 Å². The van der Waals surface area contributed by atoms with E-state index in [0.29, 0.717) is 26.4 Å². The summed E-state index contributed by atoms with van der Waals surface area (Å²) in [4.78, 5) is 0. The highest BCUT2D eigenvalue weighted by Gasteiger charge is 2.07. The first-order chi connectivity index (χ1) is 18.7. The Hall–Kier alpha value is -3.48. The van der Waals surface area contributed by atoms with Crippen molar-refractivity contribution in [3.05, 3.63) is 98.1 Å². The number of hydrogen-bond acceptors (Lipinski definition) is 2. The summed E-state index contributed by atoms with van der Waals surface area (Å²) in [7, 11) is 0. The van der Waals surface area contributed by atoms with E-state index in [0.717, 1.165) is 39.0 Å². The first-order valence-electron chi connectivity index (χ1n) is 13.9. The van der Waals surface area contributed by atoms with Crippen LogP contribution in [0.5, 0.6) is 0 Å². The molecule has 198 valence electrons. The summed E-state index contributed by atoms with van der Waals surface area (Å²) in [6, 6.07) is 17.4. The first-order valence-corrected chi connectivity index (χ1v) is 13.9. The summed E-state index contributed by atoms with van der Waals surface area (Å²) in [5.41, 5.74) is 4.94. The van der Waals surface area contributed by atoms with Crippen molar-refractivity contribution in [2.45, 2.75) is 52.9 Å². The third-order valence-corrected chi connectivity index (χ3v) is 6.55. The molecule has 0 aliphatic carbocycles. The van der Waals surface area contributed by atoms with E-state index in [1.165, 1.54) is 22.3 Å². The van der Waals surface area contributed by atoms with E-state index in [9.17, 15) is 0 Å². The minimum atomic E-state index is 0.607. The fraction of sp³-hybridized carbons (Fsp3) is 0.375. The van der Waals surface area contributed by atoms with Crippen LogP contribution in [0.4, 0.5) is 0 Å². The highest BCUT2D eigenvalue weighted by molar-refractivity contribution is 5.61. The summed E-state index contributed by atoms with van der Waals surface area (Å²) in [6.07, 6.45) is 19.4. The van der Waals surface area contributed by atoms with E-state index >= 15 is 0 Å². The highest BCUT2D eigenvalue weighted by atomic mass is 16.5. The minimum Gasteiger partial charge on any atom is -0.372 e. The Balaban J connectivity index is 1.08. The van der Waals surface area contributed by atoms with Crippen molar-refractivity contribution < 1.29 is 27.7 Å². The minimum absolute atomic E-state index is 0.607. The van der Waals surface area contributed by atoms with E-state index in [1.807, 2.05) is 0 Å². The summed E-state index contributed by atoms with van der Waals surface area (Å²) >= 11 is 0. The van der Waals surface area contributed by atoms with Crippen molar-refractivity contribution in [2.24, 2.45) is 0 Å². The van der Waals surface area contributed by atoms with Gasteiger partial charge in [0.05, 0.1) is 13.2 Å². The molecule has 0 spiro atoms. The van der Waals surface area contributed by atoms with Gasteiger partial charge in [-0.3, -0.25) is 0 Å². The third-order valence-electron chi connectivity index (χ3n) is 6.55. The van der Waals surface area contributed by atoms with Crippen molar-refractivity contribution in [3.63, 3.8) is 0 Å². The van der Waals surface area contributed by atoms with Gasteiger partial charge in [-0.2, -0.15) is 0 Å². The van der Waals surface area contributed by atoms with Crippen molar-refractivity contribution in [3.8, 4) is 22.3 Å². The summed E-state index contributed by atoms with van der Waals surface area (Å²) in [6.45, 7) is 10.7. The SMILES string of the molecule is CCC[n+]1ccc(-c2cc[n+](CCOCCOCC[n+]3ccc(-c4cc[n+](CCC)cc4)cc3)cc2)cc1. The molecule has 0 fully saturated rings. The molecule has 0 amide bonds. The topological polar surface area (TPSA) is 34.0 Å². The Bertz CT molecular complexity index is 1110. The Morgan fingerprint density at radius 1 is 0.395 bits per heavy atom. The van der Waals surface area contributed by atoms with Crippen molar-refractivity contribution in [1.82, 2.24) is 0 Å². The molecule has 0 atom stereocenters.